The summed E-state index contributed by atoms with van der Waals surface area (Å²) < 4.78 is 5.19. The molecule has 1 aliphatic rings. The van der Waals surface area contributed by atoms with Crippen molar-refractivity contribution >= 4 is 11.6 Å². The first-order valence-electron chi connectivity index (χ1n) is 6.12. The third-order valence-corrected chi connectivity index (χ3v) is 3.32. The van der Waals surface area contributed by atoms with E-state index in [1.54, 1.807) is 20.4 Å². The van der Waals surface area contributed by atoms with Crippen LogP contribution in [0.4, 0.5) is 5.69 Å². The molecule has 2 rings (SSSR count). The van der Waals surface area contributed by atoms with E-state index in [0.717, 1.165) is 24.2 Å². The number of anilines is 1. The van der Waals surface area contributed by atoms with Gasteiger partial charge in [0.1, 0.15) is 0 Å². The van der Waals surface area contributed by atoms with E-state index in [2.05, 4.69) is 15.6 Å². The van der Waals surface area contributed by atoms with Gasteiger partial charge in [-0.05, 0) is 25.8 Å². The van der Waals surface area contributed by atoms with Crippen LogP contribution in [0.2, 0.25) is 0 Å². The summed E-state index contributed by atoms with van der Waals surface area (Å²) in [7, 11) is 3.50. The highest BCUT2D eigenvalue weighted by Crippen LogP contribution is 2.23. The highest BCUT2D eigenvalue weighted by atomic mass is 16.5. The number of hydrogen-bond acceptors (Lipinski definition) is 4. The Hall–Kier alpha value is -1.62. The van der Waals surface area contributed by atoms with Crippen molar-refractivity contribution in [1.82, 2.24) is 10.3 Å². The van der Waals surface area contributed by atoms with Gasteiger partial charge in [-0.1, -0.05) is 0 Å². The normalized spacial score (nSPS) is 22.2. The quantitative estimate of drug-likeness (QED) is 0.845. The zero-order valence-corrected chi connectivity index (χ0v) is 11.0. The van der Waals surface area contributed by atoms with E-state index in [1.165, 1.54) is 0 Å². The Balaban J connectivity index is 2.01. The third-order valence-electron chi connectivity index (χ3n) is 3.32. The Labute approximate surface area is 107 Å². The van der Waals surface area contributed by atoms with Crippen LogP contribution in [0.1, 0.15) is 28.9 Å². The number of rotatable bonds is 4. The van der Waals surface area contributed by atoms with Gasteiger partial charge >= 0.3 is 0 Å². The third kappa shape index (κ3) is 2.61. The zero-order valence-electron chi connectivity index (χ0n) is 11.0. The summed E-state index contributed by atoms with van der Waals surface area (Å²) >= 11 is 0. The van der Waals surface area contributed by atoms with Crippen molar-refractivity contribution < 1.29 is 9.53 Å². The first-order chi connectivity index (χ1) is 8.63. The Morgan fingerprint density at radius 3 is 2.83 bits per heavy atom. The smallest absolute Gasteiger partial charge is 0.255 e. The summed E-state index contributed by atoms with van der Waals surface area (Å²) in [4.78, 5) is 16.3. The van der Waals surface area contributed by atoms with E-state index in [9.17, 15) is 4.79 Å². The molecule has 5 nitrogen and oxygen atoms in total. The molecular formula is C13H19N3O2. The Kier molecular flexibility index (Phi) is 3.81. The van der Waals surface area contributed by atoms with E-state index in [-0.39, 0.29) is 18.1 Å². The lowest BCUT2D eigenvalue weighted by Gasteiger charge is -2.34. The molecule has 1 fully saturated rings. The number of nitrogens with one attached hydrogen (secondary N) is 2. The fraction of sp³-hybridized carbons (Fsp3) is 0.538. The number of amides is 1. The van der Waals surface area contributed by atoms with Gasteiger partial charge in [-0.3, -0.25) is 9.78 Å². The van der Waals surface area contributed by atoms with Crippen LogP contribution in [0.15, 0.2) is 12.3 Å². The van der Waals surface area contributed by atoms with Crippen molar-refractivity contribution in [2.75, 3.05) is 19.5 Å². The number of aromatic nitrogens is 1. The summed E-state index contributed by atoms with van der Waals surface area (Å²) in [6, 6.07) is 2.08. The fourth-order valence-electron chi connectivity index (χ4n) is 2.09. The maximum Gasteiger partial charge on any atom is 0.255 e. The van der Waals surface area contributed by atoms with Crippen LogP contribution in [0.25, 0.3) is 0 Å². The number of nitrogens with zero attached hydrogens (tertiary/aromatic N) is 1. The monoisotopic (exact) mass is 249 g/mol. The molecule has 0 unspecified atom stereocenters. The minimum atomic E-state index is -0.0774. The van der Waals surface area contributed by atoms with Crippen molar-refractivity contribution in [3.63, 3.8) is 0 Å². The molecule has 0 aromatic carbocycles. The lowest BCUT2D eigenvalue weighted by atomic mass is 9.89. The van der Waals surface area contributed by atoms with Crippen molar-refractivity contribution in [3.05, 3.63) is 23.5 Å². The molecule has 0 spiro atoms. The molecule has 0 saturated heterocycles. The highest BCUT2D eigenvalue weighted by molar-refractivity contribution is 5.99. The second-order valence-electron chi connectivity index (χ2n) is 4.62. The summed E-state index contributed by atoms with van der Waals surface area (Å²) in [6.45, 7) is 1.90. The van der Waals surface area contributed by atoms with Gasteiger partial charge in [0, 0.05) is 32.1 Å². The molecule has 5 heteroatoms. The first kappa shape index (κ1) is 12.8. The SMILES string of the molecule is CNc1cc(C)ncc1C(=O)NC1CC(OC)C1. The van der Waals surface area contributed by atoms with Crippen LogP contribution in [-0.4, -0.2) is 37.2 Å². The maximum absolute atomic E-state index is 12.1. The number of ether oxygens (including phenoxy) is 1. The number of hydrogen-bond donors (Lipinski definition) is 2. The highest BCUT2D eigenvalue weighted by Gasteiger charge is 2.30. The van der Waals surface area contributed by atoms with Crippen LogP contribution < -0.4 is 10.6 Å². The van der Waals surface area contributed by atoms with Gasteiger partial charge in [0.25, 0.3) is 5.91 Å². The summed E-state index contributed by atoms with van der Waals surface area (Å²) in [6.07, 6.45) is 3.67. The van der Waals surface area contributed by atoms with Gasteiger partial charge in [0.2, 0.25) is 0 Å². The average molecular weight is 249 g/mol. The van der Waals surface area contributed by atoms with Gasteiger partial charge in [0.05, 0.1) is 17.4 Å². The Morgan fingerprint density at radius 2 is 2.22 bits per heavy atom. The average Bonchev–Trinajstić information content (AvgIpc) is 2.32. The number of pyridine rings is 1. The van der Waals surface area contributed by atoms with E-state index in [0.29, 0.717) is 5.56 Å². The molecule has 98 valence electrons. The van der Waals surface area contributed by atoms with Gasteiger partial charge in [-0.25, -0.2) is 0 Å². The van der Waals surface area contributed by atoms with E-state index >= 15 is 0 Å². The molecule has 2 N–H and O–H groups in total. The topological polar surface area (TPSA) is 63.2 Å². The van der Waals surface area contributed by atoms with Crippen LogP contribution in [-0.2, 0) is 4.74 Å². The number of carbonyl (C=O) groups excluding carboxylic acids is 1. The van der Waals surface area contributed by atoms with Gasteiger partial charge in [-0.15, -0.1) is 0 Å². The second kappa shape index (κ2) is 5.35. The largest absolute Gasteiger partial charge is 0.387 e. The molecule has 1 aromatic rings. The van der Waals surface area contributed by atoms with Crippen LogP contribution in [0, 0.1) is 6.92 Å². The molecule has 1 heterocycles. The molecule has 1 saturated carbocycles. The first-order valence-corrected chi connectivity index (χ1v) is 6.12. The van der Waals surface area contributed by atoms with E-state index < -0.39 is 0 Å². The molecule has 18 heavy (non-hydrogen) atoms. The molecule has 0 aliphatic heterocycles. The minimum Gasteiger partial charge on any atom is -0.387 e. The molecular weight excluding hydrogens is 230 g/mol. The standard InChI is InChI=1S/C13H19N3O2/c1-8-4-12(14-2)11(7-15-8)13(17)16-9-5-10(6-9)18-3/h4,7,9-10H,5-6H2,1-3H3,(H,14,15)(H,16,17). The van der Waals surface area contributed by atoms with Crippen molar-refractivity contribution in [2.24, 2.45) is 0 Å². The van der Waals surface area contributed by atoms with Crippen LogP contribution in [0.5, 0.6) is 0 Å². The lowest BCUT2D eigenvalue weighted by molar-refractivity contribution is 0.0176. The Morgan fingerprint density at radius 1 is 1.50 bits per heavy atom. The van der Waals surface area contributed by atoms with Crippen LogP contribution in [0.3, 0.4) is 0 Å². The van der Waals surface area contributed by atoms with Gasteiger partial charge < -0.3 is 15.4 Å². The van der Waals surface area contributed by atoms with Gasteiger partial charge in [-0.2, -0.15) is 0 Å². The van der Waals surface area contributed by atoms with E-state index in [4.69, 9.17) is 4.74 Å². The number of aryl methyl sites for hydroxylation is 1. The maximum atomic E-state index is 12.1. The zero-order chi connectivity index (χ0) is 13.1. The van der Waals surface area contributed by atoms with E-state index in [1.807, 2.05) is 13.0 Å². The molecule has 1 aliphatic carbocycles. The molecule has 1 amide bonds. The predicted molar refractivity (Wildman–Crippen MR) is 69.8 cm³/mol. The fourth-order valence-corrected chi connectivity index (χ4v) is 2.09. The Bertz CT molecular complexity index is 442. The second-order valence-corrected chi connectivity index (χ2v) is 4.62. The van der Waals surface area contributed by atoms with Crippen LogP contribution >= 0.6 is 0 Å². The predicted octanol–water partition coefficient (Wildman–Crippen LogP) is 1.34. The molecule has 0 atom stereocenters. The van der Waals surface area contributed by atoms with Crippen molar-refractivity contribution in [1.29, 1.82) is 0 Å². The summed E-state index contributed by atoms with van der Waals surface area (Å²) in [5.41, 5.74) is 2.28. The molecule has 1 aromatic heterocycles. The minimum absolute atomic E-state index is 0.0774. The summed E-state index contributed by atoms with van der Waals surface area (Å²) in [5, 5.41) is 6.01. The summed E-state index contributed by atoms with van der Waals surface area (Å²) in [5.74, 6) is -0.0774. The number of carbonyl (C=O) groups is 1. The van der Waals surface area contributed by atoms with Gasteiger partial charge in [0.15, 0.2) is 0 Å². The molecule has 0 radical (unpaired) electrons. The number of methoxy groups -OCH3 is 1. The van der Waals surface area contributed by atoms with Crippen molar-refractivity contribution in [3.8, 4) is 0 Å². The molecule has 0 bridgehead atoms. The van der Waals surface area contributed by atoms with Crippen molar-refractivity contribution in [2.45, 2.75) is 31.9 Å². The lowest BCUT2D eigenvalue weighted by Crippen LogP contribution is -2.47.